The quantitative estimate of drug-likeness (QED) is 0.265. The van der Waals surface area contributed by atoms with Crippen molar-refractivity contribution < 1.29 is 14.5 Å². The third-order valence-electron chi connectivity index (χ3n) is 3.76. The van der Waals surface area contributed by atoms with Gasteiger partial charge < -0.3 is 5.11 Å². The Kier molecular flexibility index (Phi) is 4.22. The van der Waals surface area contributed by atoms with Crippen LogP contribution < -0.4 is 11.3 Å². The van der Waals surface area contributed by atoms with Crippen LogP contribution in [0.25, 0.3) is 0 Å². The molecule has 0 bridgehead atoms. The van der Waals surface area contributed by atoms with E-state index in [-0.39, 0.29) is 11.7 Å². The molecule has 0 saturated heterocycles. The van der Waals surface area contributed by atoms with Gasteiger partial charge in [0.2, 0.25) is 5.69 Å². The van der Waals surface area contributed by atoms with Gasteiger partial charge >= 0.3 is 0 Å². The van der Waals surface area contributed by atoms with E-state index in [2.05, 4.69) is 17.0 Å². The molecule has 0 spiro atoms. The van der Waals surface area contributed by atoms with Crippen molar-refractivity contribution in [2.45, 2.75) is 6.42 Å². The minimum absolute atomic E-state index is 0.204. The summed E-state index contributed by atoms with van der Waals surface area (Å²) < 4.78 is 1.76. The Morgan fingerprint density at radius 3 is 2.96 bits per heavy atom. The van der Waals surface area contributed by atoms with Crippen molar-refractivity contribution in [1.82, 2.24) is 5.43 Å². The molecule has 1 heterocycles. The van der Waals surface area contributed by atoms with Gasteiger partial charge in [-0.3, -0.25) is 10.2 Å². The fraction of sp³-hybridized carbons (Fsp3) is 0.0556. The largest absolute Gasteiger partial charge is 0.507 e. The van der Waals surface area contributed by atoms with Gasteiger partial charge in [-0.2, -0.15) is 4.58 Å². The molecule has 0 unspecified atom stereocenters. The predicted molar refractivity (Wildman–Crippen MR) is 93.3 cm³/mol. The monoisotopic (exact) mass is 321 g/mol. The highest BCUT2D eigenvalue weighted by Crippen LogP contribution is 2.32. The molecule has 0 saturated carbocycles. The third-order valence-corrected chi connectivity index (χ3v) is 3.76. The summed E-state index contributed by atoms with van der Waals surface area (Å²) in [6, 6.07) is 10.6. The number of para-hydroxylation sites is 1. The number of nitrogens with zero attached hydrogens (tertiary/aromatic N) is 2. The van der Waals surface area contributed by atoms with E-state index in [4.69, 9.17) is 5.84 Å². The van der Waals surface area contributed by atoms with Crippen molar-refractivity contribution in [3.05, 3.63) is 65.7 Å². The molecule has 2 aromatic rings. The van der Waals surface area contributed by atoms with Gasteiger partial charge in [0.1, 0.15) is 12.0 Å². The molecule has 1 amide bonds. The lowest BCUT2D eigenvalue weighted by Gasteiger charge is -2.05. The second-order valence-electron chi connectivity index (χ2n) is 5.31. The van der Waals surface area contributed by atoms with Crippen LogP contribution in [-0.2, 0) is 6.42 Å². The van der Waals surface area contributed by atoms with Gasteiger partial charge in [-0.1, -0.05) is 18.2 Å². The Morgan fingerprint density at radius 2 is 2.21 bits per heavy atom. The van der Waals surface area contributed by atoms with E-state index in [1.165, 1.54) is 0 Å². The van der Waals surface area contributed by atoms with Gasteiger partial charge in [-0.05, 0) is 35.2 Å². The smallest absolute Gasteiger partial charge is 0.292 e. The van der Waals surface area contributed by atoms with Gasteiger partial charge in [0.25, 0.3) is 12.2 Å². The first-order valence-electron chi connectivity index (χ1n) is 7.38. The molecule has 6 nitrogen and oxygen atoms in total. The van der Waals surface area contributed by atoms with Crippen LogP contribution in [0.4, 0.5) is 11.4 Å². The van der Waals surface area contributed by atoms with Crippen molar-refractivity contribution in [1.29, 1.82) is 0 Å². The van der Waals surface area contributed by atoms with Crippen molar-refractivity contribution >= 4 is 29.8 Å². The molecule has 1 aliphatic heterocycles. The number of amides is 1. The molecular formula is C18H17N4O2+. The summed E-state index contributed by atoms with van der Waals surface area (Å²) in [4.78, 5) is 16.0. The lowest BCUT2D eigenvalue weighted by Crippen LogP contribution is -2.29. The Morgan fingerprint density at radius 1 is 1.38 bits per heavy atom. The molecule has 4 N–H and O–H groups in total. The molecule has 1 aliphatic rings. The van der Waals surface area contributed by atoms with Crippen LogP contribution in [0.3, 0.4) is 0 Å². The molecule has 3 rings (SSSR count). The predicted octanol–water partition coefficient (Wildman–Crippen LogP) is 2.16. The molecule has 0 fully saturated rings. The highest BCUT2D eigenvalue weighted by atomic mass is 16.3. The van der Waals surface area contributed by atoms with E-state index in [0.717, 1.165) is 16.9 Å². The number of carbonyl (C=O) groups is 1. The normalized spacial score (nSPS) is 13.8. The van der Waals surface area contributed by atoms with Crippen LogP contribution in [-0.4, -0.2) is 28.1 Å². The summed E-state index contributed by atoms with van der Waals surface area (Å²) in [5.41, 5.74) is 5.48. The van der Waals surface area contributed by atoms with E-state index >= 15 is 0 Å². The molecule has 0 atom stereocenters. The van der Waals surface area contributed by atoms with Crippen LogP contribution in [0.15, 0.2) is 54.0 Å². The number of nitrogens with one attached hydrogen (secondary N) is 1. The second-order valence-corrected chi connectivity index (χ2v) is 5.31. The van der Waals surface area contributed by atoms with E-state index < -0.39 is 0 Å². The SMILES string of the molecule is C=CCc1cccc(C=[N+]2C=Nc3ccc(C(=O)NN)cc32)c1O. The number of carbonyl (C=O) groups excluding carboxylic acids is 1. The third kappa shape index (κ3) is 2.82. The number of aliphatic imine (C=N–C) groups is 1. The maximum Gasteiger partial charge on any atom is 0.292 e. The summed E-state index contributed by atoms with van der Waals surface area (Å²) in [6.07, 6.45) is 5.72. The number of aromatic hydroxyl groups is 1. The number of phenolic OH excluding ortho intramolecular Hbond substituents is 1. The Labute approximate surface area is 139 Å². The Hall–Kier alpha value is -3.25. The number of nitrogens with two attached hydrogens (primary N) is 1. The molecular weight excluding hydrogens is 304 g/mol. The highest BCUT2D eigenvalue weighted by molar-refractivity contribution is 5.96. The molecule has 2 aromatic carbocycles. The highest BCUT2D eigenvalue weighted by Gasteiger charge is 2.22. The zero-order chi connectivity index (χ0) is 17.1. The number of rotatable bonds is 4. The van der Waals surface area contributed by atoms with Crippen LogP contribution in [0, 0.1) is 0 Å². The van der Waals surface area contributed by atoms with Crippen molar-refractivity contribution in [3.63, 3.8) is 0 Å². The van der Waals surface area contributed by atoms with E-state index in [0.29, 0.717) is 17.5 Å². The van der Waals surface area contributed by atoms with Crippen LogP contribution in [0.5, 0.6) is 5.75 Å². The van der Waals surface area contributed by atoms with Crippen LogP contribution >= 0.6 is 0 Å². The van der Waals surface area contributed by atoms with Crippen molar-refractivity contribution in [2.24, 2.45) is 10.8 Å². The standard InChI is InChI=1S/C18H16N4O2/c1-2-4-12-5-3-6-14(17(12)23)10-22-11-20-15-8-7-13(9-16(15)22)18(24)21-19/h2-3,5-11H,1,4,19H2,(H,21,24)/p+1. The first-order valence-corrected chi connectivity index (χ1v) is 7.38. The molecule has 0 aliphatic carbocycles. The van der Waals surface area contributed by atoms with Gasteiger partial charge in [-0.15, -0.1) is 6.58 Å². The minimum Gasteiger partial charge on any atom is -0.507 e. The molecule has 0 aromatic heterocycles. The maximum atomic E-state index is 11.7. The molecule has 24 heavy (non-hydrogen) atoms. The summed E-state index contributed by atoms with van der Waals surface area (Å²) in [7, 11) is 0. The molecule has 120 valence electrons. The number of nitrogen functional groups attached to an aromatic ring is 1. The number of phenols is 1. The number of hydrogen-bond donors (Lipinski definition) is 3. The fourth-order valence-corrected chi connectivity index (χ4v) is 2.54. The number of hydrogen-bond acceptors (Lipinski definition) is 4. The fourth-order valence-electron chi connectivity index (χ4n) is 2.54. The lowest BCUT2D eigenvalue weighted by molar-refractivity contribution is -0.282. The van der Waals surface area contributed by atoms with Crippen LogP contribution in [0.1, 0.15) is 21.5 Å². The summed E-state index contributed by atoms with van der Waals surface area (Å²) in [6.45, 7) is 3.69. The summed E-state index contributed by atoms with van der Waals surface area (Å²) >= 11 is 0. The maximum absolute atomic E-state index is 11.7. The zero-order valence-corrected chi connectivity index (χ0v) is 12.9. The van der Waals surface area contributed by atoms with Gasteiger partial charge in [0.15, 0.2) is 5.69 Å². The van der Waals surface area contributed by atoms with Crippen molar-refractivity contribution in [2.75, 3.05) is 0 Å². The topological polar surface area (TPSA) is 90.7 Å². The Balaban J connectivity index is 2.03. The molecule has 6 heteroatoms. The van der Waals surface area contributed by atoms with Crippen LogP contribution in [0.2, 0.25) is 0 Å². The number of fused-ring (bicyclic) bond motifs is 1. The van der Waals surface area contributed by atoms with Gasteiger partial charge in [0.05, 0.1) is 5.56 Å². The van der Waals surface area contributed by atoms with E-state index in [1.54, 1.807) is 41.4 Å². The first-order chi connectivity index (χ1) is 11.6. The number of benzene rings is 2. The van der Waals surface area contributed by atoms with E-state index in [9.17, 15) is 9.90 Å². The lowest BCUT2D eigenvalue weighted by atomic mass is 10.1. The second kappa shape index (κ2) is 6.47. The number of allylic oxidation sites excluding steroid dienone is 1. The van der Waals surface area contributed by atoms with Gasteiger partial charge in [0, 0.05) is 11.6 Å². The first kappa shape index (κ1) is 15.6. The van der Waals surface area contributed by atoms with E-state index in [1.807, 2.05) is 18.2 Å². The minimum atomic E-state index is -0.375. The summed E-state index contributed by atoms with van der Waals surface area (Å²) in [5, 5.41) is 10.4. The molecule has 0 radical (unpaired) electrons. The average Bonchev–Trinajstić information content (AvgIpc) is 3.00. The average molecular weight is 321 g/mol. The summed E-state index contributed by atoms with van der Waals surface area (Å²) in [5.74, 6) is 5.01. The van der Waals surface area contributed by atoms with Crippen molar-refractivity contribution in [3.8, 4) is 5.75 Å². The number of hydrazine groups is 1. The zero-order valence-electron chi connectivity index (χ0n) is 12.9. The van der Waals surface area contributed by atoms with Gasteiger partial charge in [-0.25, -0.2) is 5.84 Å². The Bertz CT molecular complexity index is 885.